The Morgan fingerprint density at radius 1 is 1.12 bits per heavy atom. The van der Waals surface area contributed by atoms with Gasteiger partial charge in [0.15, 0.2) is 6.61 Å². The van der Waals surface area contributed by atoms with Crippen LogP contribution < -0.4 is 4.74 Å². The molecule has 25 heavy (non-hydrogen) atoms. The molecule has 0 bridgehead atoms. The van der Waals surface area contributed by atoms with Crippen molar-refractivity contribution in [3.05, 3.63) is 75.9 Å². The molecule has 0 saturated heterocycles. The van der Waals surface area contributed by atoms with E-state index in [0.29, 0.717) is 13.1 Å². The number of aryl methyl sites for hydroxylation is 1. The summed E-state index contributed by atoms with van der Waals surface area (Å²) in [6, 6.07) is 13.6. The van der Waals surface area contributed by atoms with Crippen LogP contribution in [0.4, 0.5) is 0 Å². The number of carbonyl (C=O) groups is 1. The molecule has 0 aliphatic rings. The first kappa shape index (κ1) is 17.3. The number of benzene rings is 1. The van der Waals surface area contributed by atoms with Crippen molar-refractivity contribution in [2.75, 3.05) is 6.61 Å². The van der Waals surface area contributed by atoms with Gasteiger partial charge in [0.2, 0.25) is 0 Å². The van der Waals surface area contributed by atoms with Crippen molar-refractivity contribution in [2.24, 2.45) is 0 Å². The Bertz CT molecular complexity index is 773. The van der Waals surface area contributed by atoms with Crippen LogP contribution in [0.1, 0.15) is 21.8 Å². The van der Waals surface area contributed by atoms with E-state index in [-0.39, 0.29) is 12.5 Å². The molecule has 3 rings (SSSR count). The second kappa shape index (κ2) is 8.03. The predicted molar refractivity (Wildman–Crippen MR) is 98.7 cm³/mol. The van der Waals surface area contributed by atoms with Gasteiger partial charge in [-0.15, -0.1) is 11.3 Å². The minimum atomic E-state index is -0.0642. The van der Waals surface area contributed by atoms with Crippen molar-refractivity contribution in [1.29, 1.82) is 0 Å². The highest BCUT2D eigenvalue weighted by Gasteiger charge is 2.17. The number of amides is 1. The fraction of sp³-hybridized carbons (Fsp3) is 0.250. The summed E-state index contributed by atoms with van der Waals surface area (Å²) in [6.07, 6.45) is 1.62. The van der Waals surface area contributed by atoms with E-state index in [9.17, 15) is 4.79 Å². The zero-order chi connectivity index (χ0) is 17.6. The van der Waals surface area contributed by atoms with Crippen LogP contribution in [0.3, 0.4) is 0 Å². The van der Waals surface area contributed by atoms with Gasteiger partial charge in [-0.2, -0.15) is 0 Å². The lowest BCUT2D eigenvalue weighted by Crippen LogP contribution is -2.33. The van der Waals surface area contributed by atoms with Crippen LogP contribution >= 0.6 is 11.3 Å². The quantitative estimate of drug-likeness (QED) is 0.624. The molecule has 2 aromatic heterocycles. The first-order valence-corrected chi connectivity index (χ1v) is 9.03. The molecule has 3 aromatic rings. The topological polar surface area (TPSA) is 42.7 Å². The van der Waals surface area contributed by atoms with Crippen molar-refractivity contribution in [3.8, 4) is 5.75 Å². The van der Waals surface area contributed by atoms with E-state index in [1.807, 2.05) is 61.7 Å². The summed E-state index contributed by atoms with van der Waals surface area (Å²) < 4.78 is 11.2. The lowest BCUT2D eigenvalue weighted by molar-refractivity contribution is -0.134. The molecule has 4 nitrogen and oxygen atoms in total. The highest BCUT2D eigenvalue weighted by Crippen LogP contribution is 2.21. The molecule has 0 atom stereocenters. The Morgan fingerprint density at radius 2 is 2.00 bits per heavy atom. The Balaban J connectivity index is 1.68. The van der Waals surface area contributed by atoms with Gasteiger partial charge in [-0.1, -0.05) is 18.2 Å². The summed E-state index contributed by atoms with van der Waals surface area (Å²) in [5.74, 6) is 1.45. The smallest absolute Gasteiger partial charge is 0.261 e. The molecule has 0 radical (unpaired) electrons. The number of carbonyl (C=O) groups excluding carboxylic acids is 1. The maximum absolute atomic E-state index is 12.7. The molecule has 2 heterocycles. The summed E-state index contributed by atoms with van der Waals surface area (Å²) in [6.45, 7) is 5.02. The lowest BCUT2D eigenvalue weighted by atomic mass is 10.1. The van der Waals surface area contributed by atoms with Crippen molar-refractivity contribution in [2.45, 2.75) is 26.9 Å². The van der Waals surface area contributed by atoms with Gasteiger partial charge in [-0.05, 0) is 54.6 Å². The van der Waals surface area contributed by atoms with E-state index in [2.05, 4.69) is 0 Å². The fourth-order valence-electron chi connectivity index (χ4n) is 2.52. The van der Waals surface area contributed by atoms with Crippen LogP contribution in [0.2, 0.25) is 0 Å². The second-order valence-corrected chi connectivity index (χ2v) is 6.93. The van der Waals surface area contributed by atoms with Crippen molar-refractivity contribution in [3.63, 3.8) is 0 Å². The zero-order valence-electron chi connectivity index (χ0n) is 14.4. The summed E-state index contributed by atoms with van der Waals surface area (Å²) in [4.78, 5) is 15.6. The largest absolute Gasteiger partial charge is 0.483 e. The van der Waals surface area contributed by atoms with Gasteiger partial charge >= 0.3 is 0 Å². The fourth-order valence-corrected chi connectivity index (χ4v) is 3.24. The predicted octanol–water partition coefficient (Wildman–Crippen LogP) is 4.57. The SMILES string of the molecule is Cc1cccc(OCC(=O)N(Cc2ccco2)Cc2cccs2)c1C. The molecule has 0 N–H and O–H groups in total. The average molecular weight is 355 g/mol. The van der Waals surface area contributed by atoms with Gasteiger partial charge < -0.3 is 14.1 Å². The summed E-state index contributed by atoms with van der Waals surface area (Å²) >= 11 is 1.63. The second-order valence-electron chi connectivity index (χ2n) is 5.90. The van der Waals surface area contributed by atoms with E-state index in [0.717, 1.165) is 27.5 Å². The molecule has 130 valence electrons. The molecule has 0 fully saturated rings. The first-order valence-electron chi connectivity index (χ1n) is 8.15. The van der Waals surface area contributed by atoms with Crippen LogP contribution in [0.25, 0.3) is 0 Å². The van der Waals surface area contributed by atoms with Gasteiger partial charge in [-0.3, -0.25) is 4.79 Å². The Kier molecular flexibility index (Phi) is 5.56. The summed E-state index contributed by atoms with van der Waals surface area (Å²) in [7, 11) is 0. The van der Waals surface area contributed by atoms with Crippen molar-refractivity contribution in [1.82, 2.24) is 4.90 Å². The number of rotatable bonds is 7. The highest BCUT2D eigenvalue weighted by atomic mass is 32.1. The Labute approximate surface area is 151 Å². The third kappa shape index (κ3) is 4.51. The lowest BCUT2D eigenvalue weighted by Gasteiger charge is -2.21. The number of nitrogens with zero attached hydrogens (tertiary/aromatic N) is 1. The van der Waals surface area contributed by atoms with E-state index in [1.54, 1.807) is 22.5 Å². The molecule has 0 aliphatic heterocycles. The minimum Gasteiger partial charge on any atom is -0.483 e. The Morgan fingerprint density at radius 3 is 2.72 bits per heavy atom. The Hall–Kier alpha value is -2.53. The number of furan rings is 1. The van der Waals surface area contributed by atoms with E-state index < -0.39 is 0 Å². The van der Waals surface area contributed by atoms with Gasteiger partial charge in [0, 0.05) is 4.88 Å². The number of ether oxygens (including phenoxy) is 1. The van der Waals surface area contributed by atoms with Gasteiger partial charge in [0.05, 0.1) is 19.4 Å². The maximum Gasteiger partial charge on any atom is 0.261 e. The van der Waals surface area contributed by atoms with Crippen molar-refractivity contribution >= 4 is 17.2 Å². The highest BCUT2D eigenvalue weighted by molar-refractivity contribution is 7.09. The normalized spacial score (nSPS) is 10.6. The summed E-state index contributed by atoms with van der Waals surface area (Å²) in [5.41, 5.74) is 2.21. The number of hydrogen-bond donors (Lipinski definition) is 0. The molecule has 5 heteroatoms. The van der Waals surface area contributed by atoms with Gasteiger partial charge in [0.25, 0.3) is 5.91 Å². The van der Waals surface area contributed by atoms with Crippen molar-refractivity contribution < 1.29 is 13.9 Å². The molecular formula is C20H21NO3S. The molecule has 0 spiro atoms. The van der Waals surface area contributed by atoms with Crippen LogP contribution in [0.15, 0.2) is 58.5 Å². The molecule has 0 saturated carbocycles. The standard InChI is InChI=1S/C20H21NO3S/c1-15-6-3-9-19(16(15)2)24-14-20(22)21(12-17-7-4-10-23-17)13-18-8-5-11-25-18/h3-11H,12-14H2,1-2H3. The zero-order valence-corrected chi connectivity index (χ0v) is 15.2. The number of thiophene rings is 1. The average Bonchev–Trinajstić information content (AvgIpc) is 3.29. The molecule has 0 aliphatic carbocycles. The minimum absolute atomic E-state index is 0.0103. The van der Waals surface area contributed by atoms with Crippen LogP contribution in [-0.2, 0) is 17.9 Å². The molecule has 1 amide bonds. The van der Waals surface area contributed by atoms with Crippen LogP contribution in [-0.4, -0.2) is 17.4 Å². The van der Waals surface area contributed by atoms with Crippen LogP contribution in [0, 0.1) is 13.8 Å². The van der Waals surface area contributed by atoms with E-state index in [1.165, 1.54) is 0 Å². The third-order valence-corrected chi connectivity index (χ3v) is 4.97. The maximum atomic E-state index is 12.7. The van der Waals surface area contributed by atoms with E-state index in [4.69, 9.17) is 9.15 Å². The third-order valence-electron chi connectivity index (χ3n) is 4.11. The molecule has 0 unspecified atom stereocenters. The van der Waals surface area contributed by atoms with Crippen LogP contribution in [0.5, 0.6) is 5.75 Å². The first-order chi connectivity index (χ1) is 12.1. The molecule has 1 aromatic carbocycles. The van der Waals surface area contributed by atoms with E-state index >= 15 is 0 Å². The summed E-state index contributed by atoms with van der Waals surface area (Å²) in [5, 5.41) is 2.01. The van der Waals surface area contributed by atoms with Gasteiger partial charge in [0.1, 0.15) is 11.5 Å². The monoisotopic (exact) mass is 355 g/mol. The molecular weight excluding hydrogens is 334 g/mol. The number of hydrogen-bond acceptors (Lipinski definition) is 4. The van der Waals surface area contributed by atoms with Gasteiger partial charge in [-0.25, -0.2) is 0 Å².